The van der Waals surface area contributed by atoms with E-state index in [4.69, 9.17) is 10.3 Å². The molecular weight excluding hydrogens is 254 g/mol. The number of nitrogen functional groups attached to an aromatic ring is 1. The zero-order valence-electron chi connectivity index (χ0n) is 10.1. The quantitative estimate of drug-likeness (QED) is 0.922. The van der Waals surface area contributed by atoms with E-state index in [1.807, 2.05) is 13.0 Å². The molecule has 0 radical (unpaired) electrons. The van der Waals surface area contributed by atoms with E-state index in [9.17, 15) is 0 Å². The van der Waals surface area contributed by atoms with Crippen molar-refractivity contribution in [1.82, 2.24) is 10.1 Å². The average molecular weight is 269 g/mol. The number of aromatic nitrogens is 2. The summed E-state index contributed by atoms with van der Waals surface area (Å²) < 4.78 is 5.23. The van der Waals surface area contributed by atoms with Crippen LogP contribution in [-0.2, 0) is 5.75 Å². The first-order valence-electron chi connectivity index (χ1n) is 5.36. The van der Waals surface area contributed by atoms with E-state index in [1.54, 1.807) is 11.8 Å². The molecule has 17 heavy (non-hydrogen) atoms. The zero-order chi connectivity index (χ0) is 12.4. The molecule has 0 amide bonds. The zero-order valence-corrected chi connectivity index (χ0v) is 11.7. The molecule has 2 N–H and O–H groups in total. The number of hydrogen-bond acceptors (Lipinski definition) is 6. The highest BCUT2D eigenvalue weighted by molar-refractivity contribution is 7.99. The van der Waals surface area contributed by atoms with E-state index in [-0.39, 0.29) is 0 Å². The molecule has 0 aliphatic carbocycles. The monoisotopic (exact) mass is 269 g/mol. The summed E-state index contributed by atoms with van der Waals surface area (Å²) in [5.41, 5.74) is 6.74. The first-order chi connectivity index (χ1) is 8.06. The van der Waals surface area contributed by atoms with Crippen LogP contribution in [0.4, 0.5) is 5.00 Å². The van der Waals surface area contributed by atoms with Crippen molar-refractivity contribution in [1.29, 1.82) is 0 Å². The van der Waals surface area contributed by atoms with Crippen LogP contribution in [-0.4, -0.2) is 15.4 Å². The van der Waals surface area contributed by atoms with Crippen LogP contribution in [0.2, 0.25) is 0 Å². The van der Waals surface area contributed by atoms with Gasteiger partial charge in [-0.05, 0) is 18.2 Å². The topological polar surface area (TPSA) is 64.9 Å². The lowest BCUT2D eigenvalue weighted by molar-refractivity contribution is 0.425. The predicted octanol–water partition coefficient (Wildman–Crippen LogP) is 3.33. The minimum atomic E-state index is 0.520. The highest BCUT2D eigenvalue weighted by atomic mass is 32.2. The van der Waals surface area contributed by atoms with Gasteiger partial charge in [-0.1, -0.05) is 19.0 Å². The summed E-state index contributed by atoms with van der Waals surface area (Å²) in [6, 6.07) is 1.98. The maximum Gasteiger partial charge on any atom is 0.260 e. The van der Waals surface area contributed by atoms with Crippen LogP contribution < -0.4 is 5.73 Å². The van der Waals surface area contributed by atoms with Crippen molar-refractivity contribution in [3.63, 3.8) is 0 Å². The summed E-state index contributed by atoms with van der Waals surface area (Å²) in [7, 11) is 0. The summed E-state index contributed by atoms with van der Waals surface area (Å²) >= 11 is 3.32. The number of aryl methyl sites for hydroxylation is 1. The van der Waals surface area contributed by atoms with Crippen molar-refractivity contribution >= 4 is 28.1 Å². The third kappa shape index (κ3) is 3.01. The lowest BCUT2D eigenvalue weighted by Gasteiger charge is -1.98. The standard InChI is InChI=1S/C11H15N3OS2/c1-6(2)16-5-9-13-11(15-14-9)8-4-7(3)17-10(8)12/h4,6H,5,12H2,1-3H3. The SMILES string of the molecule is Cc1cc(-c2nc(CSC(C)C)no2)c(N)s1. The molecule has 6 heteroatoms. The maximum absolute atomic E-state index is 5.89. The second kappa shape index (κ2) is 5.10. The fourth-order valence-electron chi connectivity index (χ4n) is 1.36. The number of anilines is 1. The predicted molar refractivity (Wildman–Crippen MR) is 73.2 cm³/mol. The van der Waals surface area contributed by atoms with Crippen molar-refractivity contribution in [3.05, 3.63) is 16.8 Å². The summed E-state index contributed by atoms with van der Waals surface area (Å²) in [5, 5.41) is 5.25. The number of nitrogens with zero attached hydrogens (tertiary/aromatic N) is 2. The molecule has 4 nitrogen and oxygen atoms in total. The van der Waals surface area contributed by atoms with Gasteiger partial charge in [0.1, 0.15) is 0 Å². The lowest BCUT2D eigenvalue weighted by atomic mass is 10.3. The number of rotatable bonds is 4. The molecule has 2 heterocycles. The molecule has 0 aliphatic rings. The molecule has 2 aromatic heterocycles. The molecule has 2 rings (SSSR count). The van der Waals surface area contributed by atoms with Gasteiger partial charge in [0.25, 0.3) is 5.89 Å². The van der Waals surface area contributed by atoms with Gasteiger partial charge in [-0.25, -0.2) is 0 Å². The van der Waals surface area contributed by atoms with Crippen LogP contribution in [0.3, 0.4) is 0 Å². The first kappa shape index (κ1) is 12.4. The number of thiophene rings is 1. The van der Waals surface area contributed by atoms with E-state index < -0.39 is 0 Å². The van der Waals surface area contributed by atoms with Gasteiger partial charge in [-0.15, -0.1) is 11.3 Å². The van der Waals surface area contributed by atoms with Gasteiger partial charge >= 0.3 is 0 Å². The van der Waals surface area contributed by atoms with Gasteiger partial charge in [-0.2, -0.15) is 16.7 Å². The van der Waals surface area contributed by atoms with Gasteiger partial charge in [0.2, 0.25) is 0 Å². The Kier molecular flexibility index (Phi) is 3.73. The van der Waals surface area contributed by atoms with Crippen molar-refractivity contribution in [2.45, 2.75) is 31.8 Å². The van der Waals surface area contributed by atoms with Crippen LogP contribution in [0, 0.1) is 6.92 Å². The fourth-order valence-corrected chi connectivity index (χ4v) is 2.74. The molecule has 2 aromatic rings. The highest BCUT2D eigenvalue weighted by Crippen LogP contribution is 2.32. The molecule has 0 unspecified atom stereocenters. The molecule has 0 saturated heterocycles. The van der Waals surface area contributed by atoms with Gasteiger partial charge in [-0.3, -0.25) is 0 Å². The molecule has 0 aromatic carbocycles. The van der Waals surface area contributed by atoms with E-state index in [0.29, 0.717) is 11.1 Å². The Morgan fingerprint density at radius 3 is 2.88 bits per heavy atom. The summed E-state index contributed by atoms with van der Waals surface area (Å²) in [5.74, 6) is 2.01. The smallest absolute Gasteiger partial charge is 0.260 e. The number of thioether (sulfide) groups is 1. The van der Waals surface area contributed by atoms with Crippen LogP contribution >= 0.6 is 23.1 Å². The summed E-state index contributed by atoms with van der Waals surface area (Å²) in [6.07, 6.45) is 0. The van der Waals surface area contributed by atoms with Gasteiger partial charge < -0.3 is 10.3 Å². The Labute approximate surface area is 109 Å². The lowest BCUT2D eigenvalue weighted by Crippen LogP contribution is -1.90. The first-order valence-corrected chi connectivity index (χ1v) is 7.23. The third-order valence-electron chi connectivity index (χ3n) is 2.13. The Morgan fingerprint density at radius 2 is 2.29 bits per heavy atom. The molecule has 0 spiro atoms. The van der Waals surface area contributed by atoms with E-state index in [2.05, 4.69) is 24.0 Å². The molecule has 0 aliphatic heterocycles. The van der Waals surface area contributed by atoms with E-state index in [1.165, 1.54) is 11.3 Å². The minimum Gasteiger partial charge on any atom is -0.390 e. The Hall–Kier alpha value is -1.01. The Bertz CT molecular complexity index is 505. The van der Waals surface area contributed by atoms with E-state index >= 15 is 0 Å². The van der Waals surface area contributed by atoms with Crippen molar-refractivity contribution in [2.24, 2.45) is 0 Å². The Balaban J connectivity index is 2.15. The second-order valence-corrected chi connectivity index (χ2v) is 6.86. The van der Waals surface area contributed by atoms with Crippen molar-refractivity contribution in [2.75, 3.05) is 5.73 Å². The van der Waals surface area contributed by atoms with Gasteiger partial charge in [0.15, 0.2) is 5.82 Å². The normalized spacial score (nSPS) is 11.3. The fraction of sp³-hybridized carbons (Fsp3) is 0.455. The van der Waals surface area contributed by atoms with Crippen molar-refractivity contribution < 1.29 is 4.52 Å². The number of hydrogen-bond donors (Lipinski definition) is 1. The van der Waals surface area contributed by atoms with Crippen molar-refractivity contribution in [3.8, 4) is 11.5 Å². The Morgan fingerprint density at radius 1 is 1.53 bits per heavy atom. The summed E-state index contributed by atoms with van der Waals surface area (Å²) in [6.45, 7) is 6.30. The molecule has 0 saturated carbocycles. The largest absolute Gasteiger partial charge is 0.390 e. The third-order valence-corrected chi connectivity index (χ3v) is 4.10. The molecular formula is C11H15N3OS2. The van der Waals surface area contributed by atoms with Gasteiger partial charge in [0.05, 0.1) is 16.3 Å². The summed E-state index contributed by atoms with van der Waals surface area (Å²) in [4.78, 5) is 5.50. The molecule has 0 atom stereocenters. The van der Waals surface area contributed by atoms with Crippen LogP contribution in [0.25, 0.3) is 11.5 Å². The van der Waals surface area contributed by atoms with Crippen LogP contribution in [0.5, 0.6) is 0 Å². The molecule has 0 bridgehead atoms. The molecule has 92 valence electrons. The average Bonchev–Trinajstić information content (AvgIpc) is 2.82. The highest BCUT2D eigenvalue weighted by Gasteiger charge is 2.14. The minimum absolute atomic E-state index is 0.520. The maximum atomic E-state index is 5.89. The van der Waals surface area contributed by atoms with Gasteiger partial charge in [0, 0.05) is 4.88 Å². The number of nitrogens with two attached hydrogens (primary N) is 1. The van der Waals surface area contributed by atoms with Crippen LogP contribution in [0.15, 0.2) is 10.6 Å². The van der Waals surface area contributed by atoms with E-state index in [0.717, 1.165) is 27.0 Å². The second-order valence-electron chi connectivity index (χ2n) is 4.01. The van der Waals surface area contributed by atoms with Crippen LogP contribution in [0.1, 0.15) is 24.5 Å². The molecule has 0 fully saturated rings.